The van der Waals surface area contributed by atoms with Gasteiger partial charge in [0.15, 0.2) is 0 Å². The molecule has 1 aliphatic heterocycles. The van der Waals surface area contributed by atoms with E-state index in [0.29, 0.717) is 41.1 Å². The van der Waals surface area contributed by atoms with Crippen LogP contribution in [0.4, 0.5) is 0 Å². The summed E-state index contributed by atoms with van der Waals surface area (Å²) >= 11 is 18.9. The van der Waals surface area contributed by atoms with Crippen LogP contribution >= 0.6 is 34.8 Å². The lowest BCUT2D eigenvalue weighted by atomic mass is 9.77. The number of benzene rings is 2. The Morgan fingerprint density at radius 1 is 1.05 bits per heavy atom. The van der Waals surface area contributed by atoms with Gasteiger partial charge in [0.2, 0.25) is 15.9 Å². The van der Waals surface area contributed by atoms with Gasteiger partial charge in [-0.25, -0.2) is 8.42 Å². The van der Waals surface area contributed by atoms with E-state index < -0.39 is 15.4 Å². The van der Waals surface area contributed by atoms with Gasteiger partial charge in [-0.3, -0.25) is 4.79 Å². The van der Waals surface area contributed by atoms with Gasteiger partial charge in [-0.2, -0.15) is 4.31 Å². The van der Waals surface area contributed by atoms with Crippen LogP contribution in [0, 0.1) is 0 Å². The predicted molar refractivity (Wildman–Crippen MR) is 153 cm³/mol. The Kier molecular flexibility index (Phi) is 10.3. The largest absolute Gasteiger partial charge is 0.341 e. The molecule has 2 aromatic rings. The number of likely N-dealkylation sites (tertiary alicyclic amines) is 1. The lowest BCUT2D eigenvalue weighted by Gasteiger charge is -2.39. The number of carbonyl (C=O) groups is 1. The molecular formula is C27H36Cl3N3O3S. The molecule has 10 heteroatoms. The molecule has 0 aliphatic carbocycles. The van der Waals surface area contributed by atoms with Crippen molar-refractivity contribution < 1.29 is 13.2 Å². The number of piperidine rings is 1. The van der Waals surface area contributed by atoms with E-state index in [9.17, 15) is 13.2 Å². The monoisotopic (exact) mass is 587 g/mol. The van der Waals surface area contributed by atoms with Crippen LogP contribution in [-0.4, -0.2) is 74.0 Å². The number of sulfonamides is 1. The van der Waals surface area contributed by atoms with E-state index in [1.165, 1.54) is 6.26 Å². The number of amides is 1. The average Bonchev–Trinajstić information content (AvgIpc) is 2.85. The highest BCUT2D eigenvalue weighted by Gasteiger charge is 2.39. The Morgan fingerprint density at radius 3 is 2.27 bits per heavy atom. The van der Waals surface area contributed by atoms with Crippen LogP contribution in [0.15, 0.2) is 42.5 Å². The van der Waals surface area contributed by atoms with Gasteiger partial charge in [0, 0.05) is 31.2 Å². The minimum absolute atomic E-state index is 0.0149. The minimum atomic E-state index is -3.23. The molecule has 1 saturated heterocycles. The molecule has 0 radical (unpaired) electrons. The van der Waals surface area contributed by atoms with Crippen molar-refractivity contribution in [3.8, 4) is 0 Å². The number of nitrogens with zero attached hydrogens (tertiary/aromatic N) is 3. The molecule has 0 N–H and O–H groups in total. The van der Waals surface area contributed by atoms with Crippen LogP contribution in [0.5, 0.6) is 0 Å². The molecule has 1 amide bonds. The van der Waals surface area contributed by atoms with Crippen molar-refractivity contribution in [3.05, 3.63) is 68.7 Å². The molecule has 0 aromatic heterocycles. The molecule has 1 fully saturated rings. The van der Waals surface area contributed by atoms with Gasteiger partial charge in [-0.15, -0.1) is 0 Å². The summed E-state index contributed by atoms with van der Waals surface area (Å²) in [6.45, 7) is 6.94. The van der Waals surface area contributed by atoms with Crippen LogP contribution in [0.3, 0.4) is 0 Å². The smallest absolute Gasteiger partial charge is 0.233 e. The number of hydrogen-bond acceptors (Lipinski definition) is 4. The second-order valence-corrected chi connectivity index (χ2v) is 13.2. The first-order chi connectivity index (χ1) is 17.4. The Balaban J connectivity index is 1.77. The zero-order chi connectivity index (χ0) is 27.4. The third-order valence-electron chi connectivity index (χ3n) is 7.37. The molecule has 1 heterocycles. The molecule has 0 saturated carbocycles. The van der Waals surface area contributed by atoms with Crippen LogP contribution in [0.25, 0.3) is 0 Å². The lowest BCUT2D eigenvalue weighted by molar-refractivity contribution is -0.136. The molecular weight excluding hydrogens is 553 g/mol. The fourth-order valence-electron chi connectivity index (χ4n) is 5.17. The minimum Gasteiger partial charge on any atom is -0.341 e. The molecule has 2 aromatic carbocycles. The normalized spacial score (nSPS) is 17.1. The van der Waals surface area contributed by atoms with Crippen molar-refractivity contribution >= 4 is 50.7 Å². The third-order valence-corrected chi connectivity index (χ3v) is 9.89. The van der Waals surface area contributed by atoms with E-state index in [0.717, 1.165) is 37.1 Å². The SMILES string of the molecule is CCN(C1CCN(CCC(C)(C(=O)N(C)Cc2ccccc2Cl)c2ccc(Cl)c(Cl)c2)CC1)S(C)(=O)=O. The summed E-state index contributed by atoms with van der Waals surface area (Å²) in [7, 11) is -1.44. The predicted octanol–water partition coefficient (Wildman–Crippen LogP) is 5.70. The number of rotatable bonds is 10. The van der Waals surface area contributed by atoms with Gasteiger partial charge in [0.05, 0.1) is 21.7 Å². The maximum atomic E-state index is 14.0. The van der Waals surface area contributed by atoms with Crippen LogP contribution in [0.1, 0.15) is 44.2 Å². The molecule has 0 bridgehead atoms. The second kappa shape index (κ2) is 12.7. The van der Waals surface area contributed by atoms with E-state index in [1.54, 1.807) is 28.4 Å². The van der Waals surface area contributed by atoms with Gasteiger partial charge < -0.3 is 9.80 Å². The molecule has 1 atom stereocenters. The first kappa shape index (κ1) is 30.2. The summed E-state index contributed by atoms with van der Waals surface area (Å²) < 4.78 is 25.9. The summed E-state index contributed by atoms with van der Waals surface area (Å²) in [5, 5.41) is 1.47. The zero-order valence-corrected chi connectivity index (χ0v) is 25.0. The zero-order valence-electron chi connectivity index (χ0n) is 21.9. The number of hydrogen-bond donors (Lipinski definition) is 0. The topological polar surface area (TPSA) is 60.9 Å². The van der Waals surface area contributed by atoms with Crippen LogP contribution < -0.4 is 0 Å². The summed E-state index contributed by atoms with van der Waals surface area (Å²) in [6, 6.07) is 12.9. The fourth-order valence-corrected chi connectivity index (χ4v) is 6.88. The number of carbonyl (C=O) groups excluding carboxylic acids is 1. The number of likely N-dealkylation sites (N-methyl/N-ethyl adjacent to an activating group) is 1. The molecule has 6 nitrogen and oxygen atoms in total. The first-order valence-electron chi connectivity index (χ1n) is 12.5. The lowest BCUT2D eigenvalue weighted by Crippen LogP contribution is -2.49. The third kappa shape index (κ3) is 7.40. The maximum Gasteiger partial charge on any atom is 0.233 e. The molecule has 0 spiro atoms. The molecule has 3 rings (SSSR count). The first-order valence-corrected chi connectivity index (χ1v) is 15.5. The van der Waals surface area contributed by atoms with Crippen molar-refractivity contribution in [2.45, 2.75) is 51.1 Å². The summed E-state index contributed by atoms with van der Waals surface area (Å²) in [5.74, 6) is -0.0325. The number of halogens is 3. The van der Waals surface area contributed by atoms with E-state index in [4.69, 9.17) is 34.8 Å². The highest BCUT2D eigenvalue weighted by Crippen LogP contribution is 2.35. The maximum absolute atomic E-state index is 14.0. The van der Waals surface area contributed by atoms with E-state index in [1.807, 2.05) is 44.2 Å². The molecule has 1 unspecified atom stereocenters. The Labute approximate surface area is 236 Å². The molecule has 37 heavy (non-hydrogen) atoms. The van der Waals surface area contributed by atoms with Crippen molar-refractivity contribution in [1.82, 2.24) is 14.1 Å². The standard InChI is InChI=1S/C27H36Cl3N3O3S/c1-5-33(37(4,35)36)22-12-15-32(16-13-22)17-14-27(2,21-10-11-24(29)25(30)18-21)26(34)31(3)19-20-8-6-7-9-23(20)28/h6-11,18,22H,5,12-17,19H2,1-4H3. The van der Waals surface area contributed by atoms with Crippen LogP contribution in [-0.2, 0) is 26.8 Å². The van der Waals surface area contributed by atoms with Crippen LogP contribution in [0.2, 0.25) is 15.1 Å². The summed E-state index contributed by atoms with van der Waals surface area (Å²) in [5.41, 5.74) is 0.843. The summed E-state index contributed by atoms with van der Waals surface area (Å²) in [4.78, 5) is 18.0. The van der Waals surface area contributed by atoms with Gasteiger partial charge >= 0.3 is 0 Å². The van der Waals surface area contributed by atoms with Crippen molar-refractivity contribution in [3.63, 3.8) is 0 Å². The van der Waals surface area contributed by atoms with Gasteiger partial charge in [0.25, 0.3) is 0 Å². The highest BCUT2D eigenvalue weighted by atomic mass is 35.5. The Hall–Kier alpha value is -1.35. The average molecular weight is 589 g/mol. The second-order valence-electron chi connectivity index (χ2n) is 10.0. The van der Waals surface area contributed by atoms with Crippen molar-refractivity contribution in [2.75, 3.05) is 39.5 Å². The van der Waals surface area contributed by atoms with E-state index in [-0.39, 0.29) is 11.9 Å². The van der Waals surface area contributed by atoms with E-state index >= 15 is 0 Å². The van der Waals surface area contributed by atoms with Gasteiger partial charge in [-0.1, -0.05) is 66.0 Å². The Bertz CT molecular complexity index is 1200. The molecule has 1 aliphatic rings. The molecule has 204 valence electrons. The Morgan fingerprint density at radius 2 is 1.70 bits per heavy atom. The van der Waals surface area contributed by atoms with Gasteiger partial charge in [0.1, 0.15) is 0 Å². The quantitative estimate of drug-likeness (QED) is 0.357. The van der Waals surface area contributed by atoms with Crippen molar-refractivity contribution in [1.29, 1.82) is 0 Å². The fraction of sp³-hybridized carbons (Fsp3) is 0.519. The summed E-state index contributed by atoms with van der Waals surface area (Å²) in [6.07, 6.45) is 3.39. The van der Waals surface area contributed by atoms with E-state index in [2.05, 4.69) is 4.90 Å². The van der Waals surface area contributed by atoms with Gasteiger partial charge in [-0.05, 0) is 75.1 Å². The van der Waals surface area contributed by atoms with Crippen molar-refractivity contribution in [2.24, 2.45) is 0 Å². The highest BCUT2D eigenvalue weighted by molar-refractivity contribution is 7.88.